The van der Waals surface area contributed by atoms with E-state index in [0.29, 0.717) is 17.2 Å². The smallest absolute Gasteiger partial charge is 0.313 e. The van der Waals surface area contributed by atoms with Crippen LogP contribution in [0.2, 0.25) is 0 Å². The van der Waals surface area contributed by atoms with Crippen molar-refractivity contribution in [3.05, 3.63) is 64.7 Å². The molecule has 0 saturated carbocycles. The molecule has 0 radical (unpaired) electrons. The maximum atomic E-state index is 12.0. The average Bonchev–Trinajstić information content (AvgIpc) is 3.33. The molecule has 3 aromatic rings. The van der Waals surface area contributed by atoms with Crippen molar-refractivity contribution in [1.82, 2.24) is 5.32 Å². The summed E-state index contributed by atoms with van der Waals surface area (Å²) in [5.74, 6) is -0.632. The van der Waals surface area contributed by atoms with Gasteiger partial charge in [-0.05, 0) is 60.7 Å². The van der Waals surface area contributed by atoms with E-state index in [-0.39, 0.29) is 6.54 Å². The Morgan fingerprint density at radius 1 is 1.11 bits per heavy atom. The van der Waals surface area contributed by atoms with Gasteiger partial charge in [0.25, 0.3) is 0 Å². The molecule has 2 heterocycles. The number of aliphatic hydroxyl groups excluding tert-OH is 1. The van der Waals surface area contributed by atoms with Crippen LogP contribution in [0, 0.1) is 13.8 Å². The summed E-state index contributed by atoms with van der Waals surface area (Å²) in [5.41, 5.74) is 2.66. The van der Waals surface area contributed by atoms with Crippen LogP contribution in [0.1, 0.15) is 23.0 Å². The van der Waals surface area contributed by atoms with Crippen molar-refractivity contribution in [2.75, 3.05) is 11.9 Å². The van der Waals surface area contributed by atoms with Gasteiger partial charge >= 0.3 is 11.8 Å². The number of benzene rings is 1. The van der Waals surface area contributed by atoms with Gasteiger partial charge in [-0.1, -0.05) is 12.1 Å². The highest BCUT2D eigenvalue weighted by Crippen LogP contribution is 2.28. The molecule has 27 heavy (non-hydrogen) atoms. The van der Waals surface area contributed by atoms with Crippen molar-refractivity contribution in [3.8, 4) is 10.6 Å². The summed E-state index contributed by atoms with van der Waals surface area (Å²) in [6.07, 6.45) is -1.04. The number of nitrogens with one attached hydrogen (secondary N) is 2. The van der Waals surface area contributed by atoms with Crippen molar-refractivity contribution >= 4 is 28.8 Å². The van der Waals surface area contributed by atoms with Gasteiger partial charge in [0.1, 0.15) is 17.6 Å². The fraction of sp³-hybridized carbons (Fsp3) is 0.200. The molecule has 3 rings (SSSR count). The minimum Gasteiger partial charge on any atom is -0.457 e. The molecule has 140 valence electrons. The number of carbonyl (C=O) groups excluding carboxylic acids is 2. The van der Waals surface area contributed by atoms with Crippen LogP contribution in [0.3, 0.4) is 0 Å². The maximum absolute atomic E-state index is 12.0. The minimum atomic E-state index is -1.04. The number of carbonyl (C=O) groups is 2. The first-order valence-corrected chi connectivity index (χ1v) is 9.30. The Hall–Kier alpha value is -2.90. The monoisotopic (exact) mass is 384 g/mol. The van der Waals surface area contributed by atoms with Crippen molar-refractivity contribution in [3.63, 3.8) is 0 Å². The van der Waals surface area contributed by atoms with Crippen molar-refractivity contribution in [2.24, 2.45) is 0 Å². The van der Waals surface area contributed by atoms with Crippen LogP contribution >= 0.6 is 11.3 Å². The molecular weight excluding hydrogens is 364 g/mol. The Morgan fingerprint density at radius 3 is 2.63 bits per heavy atom. The molecule has 2 aromatic heterocycles. The first kappa shape index (κ1) is 18.9. The largest absolute Gasteiger partial charge is 0.457 e. The molecule has 0 saturated heterocycles. The molecule has 0 aliphatic rings. The lowest BCUT2D eigenvalue weighted by molar-refractivity contribution is -0.136. The number of hydrogen-bond donors (Lipinski definition) is 3. The van der Waals surface area contributed by atoms with Crippen LogP contribution in [0.25, 0.3) is 10.6 Å². The van der Waals surface area contributed by atoms with Crippen molar-refractivity contribution in [1.29, 1.82) is 0 Å². The molecule has 0 aliphatic carbocycles. The van der Waals surface area contributed by atoms with E-state index in [9.17, 15) is 14.7 Å². The lowest BCUT2D eigenvalue weighted by Crippen LogP contribution is -2.37. The van der Waals surface area contributed by atoms with Gasteiger partial charge in [-0.3, -0.25) is 9.59 Å². The highest BCUT2D eigenvalue weighted by Gasteiger charge is 2.18. The third kappa shape index (κ3) is 4.64. The fourth-order valence-corrected chi connectivity index (χ4v) is 3.15. The average molecular weight is 384 g/mol. The van der Waals surface area contributed by atoms with E-state index in [1.807, 2.05) is 37.4 Å². The maximum Gasteiger partial charge on any atom is 0.313 e. The molecule has 0 fully saturated rings. The molecule has 3 N–H and O–H groups in total. The van der Waals surface area contributed by atoms with Crippen molar-refractivity contribution < 1.29 is 19.1 Å². The highest BCUT2D eigenvalue weighted by molar-refractivity contribution is 7.13. The minimum absolute atomic E-state index is 0.128. The fourth-order valence-electron chi connectivity index (χ4n) is 2.46. The zero-order chi connectivity index (χ0) is 19.4. The summed E-state index contributed by atoms with van der Waals surface area (Å²) in [7, 11) is 0. The van der Waals surface area contributed by atoms with E-state index in [1.165, 1.54) is 11.3 Å². The van der Waals surface area contributed by atoms with Gasteiger partial charge in [-0.25, -0.2) is 0 Å². The normalized spacial score (nSPS) is 11.8. The first-order valence-electron chi connectivity index (χ1n) is 8.42. The molecule has 0 spiro atoms. The quantitative estimate of drug-likeness (QED) is 0.588. The van der Waals surface area contributed by atoms with Crippen LogP contribution in [-0.4, -0.2) is 23.5 Å². The zero-order valence-electron chi connectivity index (χ0n) is 15.0. The predicted molar refractivity (Wildman–Crippen MR) is 105 cm³/mol. The molecule has 7 heteroatoms. The lowest BCUT2D eigenvalue weighted by atomic mass is 10.1. The van der Waals surface area contributed by atoms with Crippen molar-refractivity contribution in [2.45, 2.75) is 20.0 Å². The van der Waals surface area contributed by atoms with Crippen LogP contribution in [0.5, 0.6) is 0 Å². The molecule has 6 nitrogen and oxygen atoms in total. The van der Waals surface area contributed by atoms with Crippen LogP contribution < -0.4 is 10.6 Å². The molecule has 1 aromatic carbocycles. The number of hydrogen-bond acceptors (Lipinski definition) is 5. The van der Waals surface area contributed by atoms with Gasteiger partial charge in [-0.15, -0.1) is 11.3 Å². The van der Waals surface area contributed by atoms with Gasteiger partial charge < -0.3 is 20.2 Å². The Bertz CT molecular complexity index is 947. The Morgan fingerprint density at radius 2 is 1.93 bits per heavy atom. The summed E-state index contributed by atoms with van der Waals surface area (Å²) < 4.78 is 5.61. The Kier molecular flexibility index (Phi) is 5.73. The lowest BCUT2D eigenvalue weighted by Gasteiger charge is -2.10. The second-order valence-corrected chi connectivity index (χ2v) is 7.11. The molecule has 1 atom stereocenters. The Balaban J connectivity index is 1.53. The van der Waals surface area contributed by atoms with E-state index in [0.717, 1.165) is 16.0 Å². The number of furan rings is 1. The second kappa shape index (κ2) is 8.20. The summed E-state index contributed by atoms with van der Waals surface area (Å²) >= 11 is 1.53. The molecule has 0 aliphatic heterocycles. The van der Waals surface area contributed by atoms with Gasteiger partial charge in [0.2, 0.25) is 0 Å². The van der Waals surface area contributed by atoms with E-state index >= 15 is 0 Å². The third-order valence-corrected chi connectivity index (χ3v) is 5.03. The standard InChI is InChI=1S/C20H20N2O4S/c1-12-5-6-14(10-13(12)2)22-20(25)19(24)21-11-15(23)16-7-8-17(26-16)18-4-3-9-27-18/h3-10,15,23H,11H2,1-2H3,(H,21,24)(H,22,25). The molecular formula is C20H20N2O4S. The van der Waals surface area contributed by atoms with Gasteiger partial charge in [-0.2, -0.15) is 0 Å². The number of amides is 2. The molecule has 1 unspecified atom stereocenters. The van der Waals surface area contributed by atoms with E-state index in [4.69, 9.17) is 4.42 Å². The first-order chi connectivity index (χ1) is 12.9. The number of anilines is 1. The summed E-state index contributed by atoms with van der Waals surface area (Å²) in [6.45, 7) is 3.76. The summed E-state index contributed by atoms with van der Waals surface area (Å²) in [4.78, 5) is 24.9. The van der Waals surface area contributed by atoms with E-state index < -0.39 is 17.9 Å². The van der Waals surface area contributed by atoms with Gasteiger partial charge in [0.15, 0.2) is 0 Å². The van der Waals surface area contributed by atoms with E-state index in [1.54, 1.807) is 24.3 Å². The van der Waals surface area contributed by atoms with E-state index in [2.05, 4.69) is 10.6 Å². The van der Waals surface area contributed by atoms with Gasteiger partial charge in [0.05, 0.1) is 11.4 Å². The SMILES string of the molecule is Cc1ccc(NC(=O)C(=O)NCC(O)c2ccc(-c3cccs3)o2)cc1C. The highest BCUT2D eigenvalue weighted by atomic mass is 32.1. The topological polar surface area (TPSA) is 91.6 Å². The number of thiophene rings is 1. The predicted octanol–water partition coefficient (Wildman–Crippen LogP) is 3.41. The third-order valence-electron chi connectivity index (χ3n) is 4.15. The summed E-state index contributed by atoms with van der Waals surface area (Å²) in [6, 6.07) is 12.6. The Labute approximate surface area is 160 Å². The van der Waals surface area contributed by atoms with Crippen LogP contribution in [0.15, 0.2) is 52.3 Å². The van der Waals surface area contributed by atoms with Crippen LogP contribution in [-0.2, 0) is 9.59 Å². The number of rotatable bonds is 5. The van der Waals surface area contributed by atoms with Crippen LogP contribution in [0.4, 0.5) is 5.69 Å². The van der Waals surface area contributed by atoms with Gasteiger partial charge in [0, 0.05) is 5.69 Å². The number of aliphatic hydroxyl groups is 1. The molecule has 0 bridgehead atoms. The second-order valence-electron chi connectivity index (χ2n) is 6.16. The zero-order valence-corrected chi connectivity index (χ0v) is 15.8. The molecule has 2 amide bonds. The number of aryl methyl sites for hydroxylation is 2. The summed E-state index contributed by atoms with van der Waals surface area (Å²) in [5, 5.41) is 17.1.